The zero-order valence-corrected chi connectivity index (χ0v) is 27.7. The smallest absolute Gasteiger partial charge is 0.165 e. The number of aromatic amines is 1. The number of ketones is 1. The van der Waals surface area contributed by atoms with Crippen LogP contribution in [0.2, 0.25) is 0 Å². The summed E-state index contributed by atoms with van der Waals surface area (Å²) >= 11 is 0. The van der Waals surface area contributed by atoms with Crippen LogP contribution in [0.5, 0.6) is 11.5 Å². The molecule has 48 heavy (non-hydrogen) atoms. The highest BCUT2D eigenvalue weighted by molar-refractivity contribution is 5.94. The molecule has 250 valence electrons. The summed E-state index contributed by atoms with van der Waals surface area (Å²) in [5, 5.41) is 25.6. The van der Waals surface area contributed by atoms with Crippen molar-refractivity contribution in [1.29, 1.82) is 0 Å². The molecule has 3 aliphatic carbocycles. The Morgan fingerprint density at radius 2 is 2.08 bits per heavy atom. The van der Waals surface area contributed by atoms with Gasteiger partial charge in [-0.1, -0.05) is 68.5 Å². The van der Waals surface area contributed by atoms with Gasteiger partial charge in [0.05, 0.1) is 11.6 Å². The van der Waals surface area contributed by atoms with Gasteiger partial charge in [-0.2, -0.15) is 0 Å². The van der Waals surface area contributed by atoms with Crippen molar-refractivity contribution in [2.45, 2.75) is 102 Å². The molecule has 4 atom stereocenters. The normalized spacial score (nSPS) is 22.8. The van der Waals surface area contributed by atoms with Crippen LogP contribution in [0.25, 0.3) is 16.5 Å². The second-order valence-electron chi connectivity index (χ2n) is 14.3. The van der Waals surface area contributed by atoms with E-state index in [0.717, 1.165) is 43.2 Å². The van der Waals surface area contributed by atoms with E-state index in [4.69, 9.17) is 10.5 Å². The molecule has 8 rings (SSSR count). The summed E-state index contributed by atoms with van der Waals surface area (Å²) < 4.78 is 8.19. The number of aromatic hydroxyl groups is 1. The van der Waals surface area contributed by atoms with Gasteiger partial charge in [0.2, 0.25) is 0 Å². The van der Waals surface area contributed by atoms with Gasteiger partial charge in [-0.15, -0.1) is 0 Å². The Labute approximate surface area is 281 Å². The highest BCUT2D eigenvalue weighted by Gasteiger charge is 2.54. The van der Waals surface area contributed by atoms with Crippen LogP contribution in [0.15, 0.2) is 72.3 Å². The summed E-state index contributed by atoms with van der Waals surface area (Å²) in [5.74, 6) is 0.959. The number of hydrogen-bond acceptors (Lipinski definition) is 6. The molecule has 1 fully saturated rings. The Kier molecular flexibility index (Phi) is 7.96. The Morgan fingerprint density at radius 1 is 1.19 bits per heavy atom. The quantitative estimate of drug-likeness (QED) is 0.0975. The maximum absolute atomic E-state index is 12.5. The number of allylic oxidation sites excluding steroid dienone is 3. The first-order valence-corrected chi connectivity index (χ1v) is 17.8. The lowest BCUT2D eigenvalue weighted by molar-refractivity contribution is -0.121. The van der Waals surface area contributed by atoms with Crippen molar-refractivity contribution in [1.82, 2.24) is 14.9 Å². The van der Waals surface area contributed by atoms with Crippen LogP contribution in [-0.2, 0) is 23.4 Å². The summed E-state index contributed by atoms with van der Waals surface area (Å²) in [7, 11) is 0. The number of unbranched alkanes of at least 4 members (excludes halogenated alkanes) is 2. The summed E-state index contributed by atoms with van der Waals surface area (Å²) in [6.45, 7) is 2.37. The molecule has 0 radical (unpaired) electrons. The number of hydrogen-bond donors (Lipinski definition) is 5. The molecule has 4 aliphatic rings. The number of rotatable bonds is 13. The molecule has 0 amide bonds. The molecule has 0 unspecified atom stereocenters. The van der Waals surface area contributed by atoms with Crippen molar-refractivity contribution in [3.8, 4) is 11.5 Å². The number of Topliss-reactive ketones (excluding diaryl/α,β-unsaturated/α-hetero) is 1. The highest BCUT2D eigenvalue weighted by Crippen LogP contribution is 2.63. The number of nitrogens with two attached hydrogens (primary N) is 1. The average Bonchev–Trinajstić information content (AvgIpc) is 3.87. The first-order chi connectivity index (χ1) is 23.4. The predicted molar refractivity (Wildman–Crippen MR) is 187 cm³/mol. The van der Waals surface area contributed by atoms with Crippen molar-refractivity contribution in [3.05, 3.63) is 100 Å². The molecule has 3 heterocycles. The third-order valence-corrected chi connectivity index (χ3v) is 11.4. The lowest BCUT2D eigenvalue weighted by Crippen LogP contribution is -2.41. The number of nitrogens with one attached hydrogen (secondary N) is 2. The maximum Gasteiger partial charge on any atom is 0.165 e. The molecule has 1 saturated carbocycles. The summed E-state index contributed by atoms with van der Waals surface area (Å²) in [5.41, 5.74) is 18.0. The maximum atomic E-state index is 12.5. The Balaban J connectivity index is 1.01. The van der Waals surface area contributed by atoms with Gasteiger partial charge in [-0.25, -0.2) is 0 Å². The van der Waals surface area contributed by atoms with E-state index in [-0.39, 0.29) is 36.3 Å². The number of nitrogens with zero attached hydrogens (tertiary/aromatic N) is 1. The van der Waals surface area contributed by atoms with Crippen LogP contribution >= 0.6 is 0 Å². The minimum atomic E-state index is -0.566. The number of aromatic nitrogens is 2. The number of carbonyl (C=O) groups is 1. The van der Waals surface area contributed by atoms with Gasteiger partial charge < -0.3 is 35.6 Å². The first kappa shape index (κ1) is 31.0. The SMILES string of the molecule is CCCCC[C@@H](O)CC(=O)CCc1ccc(O)c(OCn2cc3[nH]cc([C@@]45CCC[C@@H]4C4=C6C(=CC4)N[C@H](N)c4cccc5c46)c3c2)c1. The predicted octanol–water partition coefficient (Wildman–Crippen LogP) is 7.25. The number of carbonyl (C=O) groups excluding carboxylic acids is 1. The summed E-state index contributed by atoms with van der Waals surface area (Å²) in [6.07, 6.45) is 17.3. The number of phenolic OH excluding ortho intramolecular Hbond substituents is 1. The van der Waals surface area contributed by atoms with E-state index in [1.807, 2.05) is 16.7 Å². The van der Waals surface area contributed by atoms with E-state index in [0.29, 0.717) is 30.9 Å². The van der Waals surface area contributed by atoms with Crippen LogP contribution in [0.1, 0.15) is 105 Å². The lowest BCUT2D eigenvalue weighted by atomic mass is 9.58. The van der Waals surface area contributed by atoms with Crippen LogP contribution < -0.4 is 15.8 Å². The summed E-state index contributed by atoms with van der Waals surface area (Å²) in [4.78, 5) is 16.1. The monoisotopic (exact) mass is 646 g/mol. The zero-order valence-electron chi connectivity index (χ0n) is 27.7. The standard InChI is InChI=1S/C40H46N4O4/c1-2-3-4-7-25(45)19-26(46)13-11-24-12-16-35(47)36(18-24)48-23-44-21-29-32(20-42-34(29)22-44)40-17-6-10-30(40)27-14-15-33-38(27)37-28(39(41)43-33)8-5-9-31(37)40/h5,8-9,12,15-16,18,20-22,25,30,39,42-43,45,47H,2-4,6-7,10-11,13-14,17,19,23,41H2,1H3/t25-,30-,39+,40+/m1/s1. The minimum Gasteiger partial charge on any atom is -0.504 e. The number of ether oxygens (including phenoxy) is 1. The van der Waals surface area contributed by atoms with Gasteiger partial charge in [0.15, 0.2) is 18.2 Å². The van der Waals surface area contributed by atoms with E-state index < -0.39 is 6.10 Å². The Bertz CT molecular complexity index is 1950. The fourth-order valence-electron chi connectivity index (χ4n) is 9.19. The molecule has 8 heteroatoms. The number of fused-ring (bicyclic) bond motifs is 4. The van der Waals surface area contributed by atoms with E-state index in [1.54, 1.807) is 11.6 Å². The zero-order chi connectivity index (χ0) is 33.0. The number of aliphatic hydroxyl groups excluding tert-OH is 1. The Morgan fingerprint density at radius 3 is 2.96 bits per heavy atom. The molecular weight excluding hydrogens is 600 g/mol. The number of H-pyrrole nitrogens is 1. The lowest BCUT2D eigenvalue weighted by Gasteiger charge is -2.45. The van der Waals surface area contributed by atoms with E-state index >= 15 is 0 Å². The van der Waals surface area contributed by atoms with Gasteiger partial charge in [0.1, 0.15) is 11.9 Å². The van der Waals surface area contributed by atoms with E-state index in [2.05, 4.69) is 60.1 Å². The number of aliphatic hydroxyl groups is 1. The van der Waals surface area contributed by atoms with E-state index in [1.165, 1.54) is 51.8 Å². The number of aryl methyl sites for hydroxylation is 1. The van der Waals surface area contributed by atoms with Crippen molar-refractivity contribution in [2.24, 2.45) is 11.7 Å². The van der Waals surface area contributed by atoms with Crippen LogP contribution in [0.4, 0.5) is 0 Å². The number of phenols is 1. The molecule has 0 saturated heterocycles. The van der Waals surface area contributed by atoms with Crippen LogP contribution in [0, 0.1) is 5.92 Å². The highest BCUT2D eigenvalue weighted by atomic mass is 16.5. The van der Waals surface area contributed by atoms with Crippen molar-refractivity contribution < 1.29 is 19.7 Å². The molecule has 8 nitrogen and oxygen atoms in total. The molecule has 6 N–H and O–H groups in total. The van der Waals surface area contributed by atoms with Crippen molar-refractivity contribution in [2.75, 3.05) is 0 Å². The van der Waals surface area contributed by atoms with Crippen molar-refractivity contribution >= 4 is 22.3 Å². The number of benzene rings is 2. The van der Waals surface area contributed by atoms with Gasteiger partial charge in [0.25, 0.3) is 0 Å². The van der Waals surface area contributed by atoms with Gasteiger partial charge in [-0.05, 0) is 78.0 Å². The fourth-order valence-corrected chi connectivity index (χ4v) is 9.19. The molecule has 0 spiro atoms. The third-order valence-electron chi connectivity index (χ3n) is 11.4. The molecule has 0 bridgehead atoms. The van der Waals surface area contributed by atoms with Gasteiger partial charge >= 0.3 is 0 Å². The van der Waals surface area contributed by atoms with Crippen LogP contribution in [-0.4, -0.2) is 31.7 Å². The van der Waals surface area contributed by atoms with E-state index in [9.17, 15) is 15.0 Å². The van der Waals surface area contributed by atoms with Crippen molar-refractivity contribution in [3.63, 3.8) is 0 Å². The third kappa shape index (κ3) is 5.08. The van der Waals surface area contributed by atoms with Gasteiger partial charge in [0, 0.05) is 53.5 Å². The molecule has 2 aromatic carbocycles. The summed E-state index contributed by atoms with van der Waals surface area (Å²) in [6, 6.07) is 12.0. The van der Waals surface area contributed by atoms with Crippen LogP contribution in [0.3, 0.4) is 0 Å². The molecule has 1 aliphatic heterocycles. The topological polar surface area (TPSA) is 126 Å². The first-order valence-electron chi connectivity index (χ1n) is 17.8. The fraction of sp³-hybridized carbons (Fsp3) is 0.425. The molecule has 4 aromatic rings. The average molecular weight is 647 g/mol. The minimum absolute atomic E-state index is 0.0577. The van der Waals surface area contributed by atoms with Gasteiger partial charge in [-0.3, -0.25) is 4.79 Å². The largest absolute Gasteiger partial charge is 0.504 e. The second kappa shape index (κ2) is 12.3. The molecular formula is C40H46N4O4. The molecule has 2 aromatic heterocycles. The second-order valence-corrected chi connectivity index (χ2v) is 14.3. The Hall–Kier alpha value is -4.27.